The summed E-state index contributed by atoms with van der Waals surface area (Å²) in [6.45, 7) is 9.23. The fraction of sp³-hybridized carbons (Fsp3) is 0.818. The molecule has 0 aliphatic carbocycles. The second-order valence-electron chi connectivity index (χ2n) is 5.67. The zero-order valence-corrected chi connectivity index (χ0v) is 10.4. The number of nitrogens with two attached hydrogens (primary N) is 1. The van der Waals surface area contributed by atoms with Crippen LogP contribution in [0.2, 0.25) is 0 Å². The SMILES string of the molecule is CN1C=C(C(C)(C)CC(C)(C)N)CN=N1. The largest absolute Gasteiger partial charge is 0.326 e. The lowest BCUT2D eigenvalue weighted by molar-refractivity contribution is 0.288. The van der Waals surface area contributed by atoms with Crippen molar-refractivity contribution in [2.45, 2.75) is 39.7 Å². The van der Waals surface area contributed by atoms with Crippen LogP contribution in [0.1, 0.15) is 34.1 Å². The first-order chi connectivity index (χ1) is 6.71. The highest BCUT2D eigenvalue weighted by Gasteiger charge is 2.30. The molecule has 0 radical (unpaired) electrons. The Morgan fingerprint density at radius 3 is 2.47 bits per heavy atom. The monoisotopic (exact) mass is 210 g/mol. The molecule has 0 saturated heterocycles. The molecule has 4 nitrogen and oxygen atoms in total. The molecule has 0 amide bonds. The Bertz CT molecular complexity index is 283. The fourth-order valence-corrected chi connectivity index (χ4v) is 2.14. The van der Waals surface area contributed by atoms with E-state index in [4.69, 9.17) is 5.73 Å². The molecule has 0 saturated carbocycles. The molecule has 1 aliphatic rings. The maximum atomic E-state index is 6.07. The standard InChI is InChI=1S/C11H22N4/c1-10(2,8-11(3,4)12)9-6-13-14-15(5)7-9/h7H,6,8,12H2,1-5H3. The van der Waals surface area contributed by atoms with Crippen molar-refractivity contribution in [2.24, 2.45) is 21.5 Å². The van der Waals surface area contributed by atoms with Crippen molar-refractivity contribution in [2.75, 3.05) is 13.6 Å². The first-order valence-electron chi connectivity index (χ1n) is 5.31. The lowest BCUT2D eigenvalue weighted by atomic mass is 9.75. The third kappa shape index (κ3) is 3.63. The quantitative estimate of drug-likeness (QED) is 0.777. The van der Waals surface area contributed by atoms with E-state index in [0.29, 0.717) is 6.54 Å². The van der Waals surface area contributed by atoms with Crippen molar-refractivity contribution in [3.63, 3.8) is 0 Å². The summed E-state index contributed by atoms with van der Waals surface area (Å²) in [7, 11) is 1.90. The first-order valence-corrected chi connectivity index (χ1v) is 5.31. The van der Waals surface area contributed by atoms with Crippen LogP contribution in [0.15, 0.2) is 22.1 Å². The normalized spacial score (nSPS) is 18.0. The maximum absolute atomic E-state index is 6.07. The van der Waals surface area contributed by atoms with E-state index < -0.39 is 0 Å². The molecule has 0 aromatic heterocycles. The van der Waals surface area contributed by atoms with Gasteiger partial charge in [-0.25, -0.2) is 0 Å². The van der Waals surface area contributed by atoms with Crippen molar-refractivity contribution in [1.29, 1.82) is 0 Å². The molecule has 2 N–H and O–H groups in total. The average molecular weight is 210 g/mol. The summed E-state index contributed by atoms with van der Waals surface area (Å²) in [6.07, 6.45) is 2.99. The minimum Gasteiger partial charge on any atom is -0.326 e. The molecular formula is C11H22N4. The molecule has 0 aromatic carbocycles. The fourth-order valence-electron chi connectivity index (χ4n) is 2.14. The predicted octanol–water partition coefficient (Wildman–Crippen LogP) is 2.34. The van der Waals surface area contributed by atoms with Gasteiger partial charge in [0.25, 0.3) is 0 Å². The molecule has 0 atom stereocenters. The molecular weight excluding hydrogens is 188 g/mol. The smallest absolute Gasteiger partial charge is 0.0853 e. The molecule has 1 aliphatic heterocycles. The molecule has 4 heteroatoms. The third-order valence-corrected chi connectivity index (χ3v) is 2.55. The highest BCUT2D eigenvalue weighted by atomic mass is 15.5. The van der Waals surface area contributed by atoms with Gasteiger partial charge in [0.05, 0.1) is 6.54 Å². The Morgan fingerprint density at radius 2 is 2.00 bits per heavy atom. The topological polar surface area (TPSA) is 54.0 Å². The molecule has 15 heavy (non-hydrogen) atoms. The number of rotatable bonds is 3. The van der Waals surface area contributed by atoms with Crippen LogP contribution in [-0.2, 0) is 0 Å². The van der Waals surface area contributed by atoms with E-state index >= 15 is 0 Å². The molecule has 0 unspecified atom stereocenters. The molecule has 0 bridgehead atoms. The highest BCUT2D eigenvalue weighted by molar-refractivity contribution is 5.15. The predicted molar refractivity (Wildman–Crippen MR) is 62.2 cm³/mol. The summed E-state index contributed by atoms with van der Waals surface area (Å²) in [5.74, 6) is 0. The lowest BCUT2D eigenvalue weighted by Gasteiger charge is -2.35. The first kappa shape index (κ1) is 12.2. The summed E-state index contributed by atoms with van der Waals surface area (Å²) in [5.41, 5.74) is 7.28. The van der Waals surface area contributed by atoms with E-state index in [-0.39, 0.29) is 11.0 Å². The van der Waals surface area contributed by atoms with Gasteiger partial charge in [0.15, 0.2) is 0 Å². The van der Waals surface area contributed by atoms with Gasteiger partial charge < -0.3 is 5.73 Å². The summed E-state index contributed by atoms with van der Waals surface area (Å²) < 4.78 is 0. The van der Waals surface area contributed by atoms with Crippen LogP contribution in [0.25, 0.3) is 0 Å². The Morgan fingerprint density at radius 1 is 1.40 bits per heavy atom. The van der Waals surface area contributed by atoms with Crippen LogP contribution in [-0.4, -0.2) is 24.1 Å². The summed E-state index contributed by atoms with van der Waals surface area (Å²) in [6, 6.07) is 0. The van der Waals surface area contributed by atoms with Crippen LogP contribution >= 0.6 is 0 Å². The van der Waals surface area contributed by atoms with Crippen molar-refractivity contribution in [3.8, 4) is 0 Å². The lowest BCUT2D eigenvalue weighted by Crippen LogP contribution is -2.39. The Balaban J connectivity index is 2.78. The van der Waals surface area contributed by atoms with Gasteiger partial charge in [-0.3, -0.25) is 5.01 Å². The van der Waals surface area contributed by atoms with Gasteiger partial charge in [0, 0.05) is 18.8 Å². The van der Waals surface area contributed by atoms with E-state index in [0.717, 1.165) is 6.42 Å². The zero-order valence-electron chi connectivity index (χ0n) is 10.4. The van der Waals surface area contributed by atoms with Crippen molar-refractivity contribution >= 4 is 0 Å². The van der Waals surface area contributed by atoms with Crippen LogP contribution in [0.5, 0.6) is 0 Å². The zero-order chi connectivity index (χ0) is 11.7. The Kier molecular flexibility index (Phi) is 3.19. The van der Waals surface area contributed by atoms with Crippen molar-refractivity contribution in [1.82, 2.24) is 5.01 Å². The second-order valence-corrected chi connectivity index (χ2v) is 5.67. The molecule has 1 heterocycles. The van der Waals surface area contributed by atoms with Gasteiger partial charge in [-0.1, -0.05) is 19.1 Å². The van der Waals surface area contributed by atoms with Gasteiger partial charge >= 0.3 is 0 Å². The van der Waals surface area contributed by atoms with Crippen LogP contribution in [0.3, 0.4) is 0 Å². The third-order valence-electron chi connectivity index (χ3n) is 2.55. The van der Waals surface area contributed by atoms with E-state index in [1.54, 1.807) is 5.01 Å². The molecule has 0 aromatic rings. The maximum Gasteiger partial charge on any atom is 0.0853 e. The van der Waals surface area contributed by atoms with Crippen LogP contribution < -0.4 is 5.73 Å². The van der Waals surface area contributed by atoms with Gasteiger partial charge in [0.1, 0.15) is 0 Å². The van der Waals surface area contributed by atoms with Gasteiger partial charge in [-0.2, -0.15) is 5.11 Å². The van der Waals surface area contributed by atoms with E-state index in [1.807, 2.05) is 7.05 Å². The number of hydrogen-bond donors (Lipinski definition) is 1. The van der Waals surface area contributed by atoms with Crippen LogP contribution in [0.4, 0.5) is 0 Å². The van der Waals surface area contributed by atoms with Gasteiger partial charge in [0.2, 0.25) is 0 Å². The van der Waals surface area contributed by atoms with E-state index in [1.165, 1.54) is 5.57 Å². The van der Waals surface area contributed by atoms with Crippen LogP contribution in [0, 0.1) is 5.41 Å². The number of hydrogen-bond acceptors (Lipinski definition) is 4. The highest BCUT2D eigenvalue weighted by Crippen LogP contribution is 2.35. The van der Waals surface area contributed by atoms with Crippen molar-refractivity contribution in [3.05, 3.63) is 11.8 Å². The molecule has 86 valence electrons. The summed E-state index contributed by atoms with van der Waals surface area (Å²) >= 11 is 0. The minimum atomic E-state index is -0.155. The summed E-state index contributed by atoms with van der Waals surface area (Å²) in [4.78, 5) is 0. The molecule has 1 rings (SSSR count). The van der Waals surface area contributed by atoms with Gasteiger partial charge in [-0.05, 0) is 31.3 Å². The van der Waals surface area contributed by atoms with E-state index in [9.17, 15) is 0 Å². The average Bonchev–Trinajstić information content (AvgIpc) is 1.99. The molecule has 0 spiro atoms. The molecule has 0 fully saturated rings. The minimum absolute atomic E-state index is 0.0753. The Hall–Kier alpha value is -0.900. The second kappa shape index (κ2) is 3.93. The van der Waals surface area contributed by atoms with E-state index in [2.05, 4.69) is 44.2 Å². The van der Waals surface area contributed by atoms with Gasteiger partial charge in [-0.15, -0.1) is 0 Å². The van der Waals surface area contributed by atoms with Crippen molar-refractivity contribution < 1.29 is 0 Å². The summed E-state index contributed by atoms with van der Waals surface area (Å²) in [5, 5.41) is 9.77. The Labute approximate surface area is 92.2 Å². The number of nitrogens with zero attached hydrogens (tertiary/aromatic N) is 3.